The monoisotopic (exact) mass is 652 g/mol. The van der Waals surface area contributed by atoms with Crippen LogP contribution in [0.4, 0.5) is 0 Å². The third-order valence-electron chi connectivity index (χ3n) is 7.95. The lowest BCUT2D eigenvalue weighted by molar-refractivity contribution is 0.669. The Labute approximate surface area is 326 Å². The first-order valence-electron chi connectivity index (χ1n) is 29.4. The zero-order chi connectivity index (χ0) is 58.4. The molecule has 1 heteroatoms. The minimum Gasteiger partial charge on any atom is -0.456 e. The van der Waals surface area contributed by atoms with Crippen molar-refractivity contribution in [2.45, 2.75) is 0 Å². The van der Waals surface area contributed by atoms with E-state index in [-0.39, 0.29) is 0 Å². The van der Waals surface area contributed by atoms with Crippen molar-refractivity contribution in [1.29, 1.82) is 0 Å². The van der Waals surface area contributed by atoms with E-state index in [0.29, 0.717) is 0 Å². The Morgan fingerprint density at radius 3 is 1.49 bits per heavy atom. The van der Waals surface area contributed by atoms with Crippen molar-refractivity contribution >= 4 is 54.3 Å². The van der Waals surface area contributed by atoms with Crippen molar-refractivity contribution in [3.05, 3.63) is 181 Å². The van der Waals surface area contributed by atoms with Crippen molar-refractivity contribution < 1.29 is 45.5 Å². The van der Waals surface area contributed by atoms with Crippen LogP contribution in [-0.4, -0.2) is 0 Å². The molecule has 0 aliphatic rings. The van der Waals surface area contributed by atoms with Gasteiger partial charge in [0.05, 0.1) is 41.1 Å². The predicted molar refractivity (Wildman–Crippen MR) is 208 cm³/mol. The van der Waals surface area contributed by atoms with Crippen LogP contribution in [0.5, 0.6) is 0 Å². The first-order chi connectivity index (χ1) is 36.8. The molecular formula is C48H30O. The second-order valence-corrected chi connectivity index (χ2v) is 10.5. The number of rotatable bonds is 4. The minimum absolute atomic E-state index is 0.600. The fourth-order valence-electron chi connectivity index (χ4n) is 5.95. The van der Waals surface area contributed by atoms with Gasteiger partial charge in [0.15, 0.2) is 0 Å². The summed E-state index contributed by atoms with van der Waals surface area (Å²) in [4.78, 5) is 0. The highest BCUT2D eigenvalue weighted by atomic mass is 16.3. The van der Waals surface area contributed by atoms with Gasteiger partial charge < -0.3 is 4.42 Å². The van der Waals surface area contributed by atoms with Crippen molar-refractivity contribution in [2.24, 2.45) is 0 Å². The summed E-state index contributed by atoms with van der Waals surface area (Å²) in [6.07, 6.45) is 0. The van der Waals surface area contributed by atoms with E-state index in [4.69, 9.17) is 30.5 Å². The van der Waals surface area contributed by atoms with Crippen LogP contribution in [0.1, 0.15) is 41.1 Å². The average Bonchev–Trinajstić information content (AvgIpc) is 4.07. The molecule has 0 N–H and O–H groups in total. The third-order valence-corrected chi connectivity index (χ3v) is 7.95. The maximum Gasteiger partial charge on any atom is 0.136 e. The molecule has 0 aliphatic carbocycles. The Balaban J connectivity index is 1.50. The zero-order valence-corrected chi connectivity index (χ0v) is 24.4. The van der Waals surface area contributed by atoms with Gasteiger partial charge in [-0.25, -0.2) is 0 Å². The molecule has 10 aromatic rings. The van der Waals surface area contributed by atoms with Gasteiger partial charge in [-0.05, 0) is 95.0 Å². The molecule has 9 aromatic carbocycles. The quantitative estimate of drug-likeness (QED) is 0.172. The summed E-state index contributed by atoms with van der Waals surface area (Å²) >= 11 is 0. The van der Waals surface area contributed by atoms with Crippen LogP contribution in [0.3, 0.4) is 0 Å². The average molecular weight is 653 g/mol. The molecule has 0 unspecified atom stereocenters. The van der Waals surface area contributed by atoms with Crippen LogP contribution in [0.2, 0.25) is 0 Å². The second kappa shape index (κ2) is 11.1. The van der Waals surface area contributed by atoms with E-state index in [2.05, 4.69) is 0 Å². The first-order valence-corrected chi connectivity index (χ1v) is 14.4. The van der Waals surface area contributed by atoms with Crippen LogP contribution in [0.25, 0.3) is 98.8 Å². The molecule has 0 atom stereocenters. The Morgan fingerprint density at radius 1 is 0.306 bits per heavy atom. The maximum atomic E-state index is 9.98. The van der Waals surface area contributed by atoms with Crippen LogP contribution >= 0.6 is 0 Å². The van der Waals surface area contributed by atoms with Crippen LogP contribution in [-0.2, 0) is 0 Å². The molecule has 10 rings (SSSR count). The molecule has 0 amide bonds. The van der Waals surface area contributed by atoms with Crippen LogP contribution in [0, 0.1) is 0 Å². The molecule has 0 bridgehead atoms. The van der Waals surface area contributed by atoms with E-state index in [0.717, 1.165) is 0 Å². The molecule has 1 heterocycles. The van der Waals surface area contributed by atoms with Gasteiger partial charge in [-0.3, -0.25) is 0 Å². The van der Waals surface area contributed by atoms with E-state index >= 15 is 0 Å². The summed E-state index contributed by atoms with van der Waals surface area (Å²) in [5.74, 6) is 0. The normalized spacial score (nSPS) is 20.2. The Morgan fingerprint density at radius 2 is 0.837 bits per heavy atom. The molecule has 1 nitrogen and oxygen atoms in total. The van der Waals surface area contributed by atoms with Crippen LogP contribution in [0.15, 0.2) is 186 Å². The van der Waals surface area contributed by atoms with Gasteiger partial charge >= 0.3 is 0 Å². The topological polar surface area (TPSA) is 13.1 Å². The summed E-state index contributed by atoms with van der Waals surface area (Å²) < 4.78 is 276. The largest absolute Gasteiger partial charge is 0.456 e. The maximum absolute atomic E-state index is 9.98. The highest BCUT2D eigenvalue weighted by molar-refractivity contribution is 6.25. The highest BCUT2D eigenvalue weighted by Crippen LogP contribution is 2.47. The lowest BCUT2D eigenvalue weighted by atomic mass is 9.83. The van der Waals surface area contributed by atoms with E-state index in [9.17, 15) is 15.1 Å². The van der Waals surface area contributed by atoms with Crippen molar-refractivity contribution in [2.75, 3.05) is 0 Å². The lowest BCUT2D eigenvalue weighted by Gasteiger charge is -2.19. The minimum atomic E-state index is -1.15. The summed E-state index contributed by atoms with van der Waals surface area (Å²) in [6.45, 7) is 0. The van der Waals surface area contributed by atoms with E-state index in [1.165, 1.54) is 0 Å². The molecule has 0 radical (unpaired) electrons. The van der Waals surface area contributed by atoms with Gasteiger partial charge in [0.25, 0.3) is 0 Å². The summed E-state index contributed by atoms with van der Waals surface area (Å²) in [5.41, 5.74) is -7.56. The SMILES string of the molecule is [2H]c1c([2H])c([2H])c(-c2c([2H])c([2H])c3c(oc4c([2H])c([2H])c([2H])c(-c5c([2H])c([2H])c(-c6c7c([2H])c([2H])c([2H])c([2H])c7c(-c7c([2H])c([2H])c([2H])c([2H])c7[2H])c7c([2H])c([2H])c([2H])c([2H])c67)c6c([2H])c([2H])c([2H])c([2H])c56)c43)c2[2H])c([2H])c1[2H]. The Hall–Kier alpha value is -6.44. The van der Waals surface area contributed by atoms with Gasteiger partial charge in [0, 0.05) is 10.8 Å². The fraction of sp³-hybridized carbons (Fsp3) is 0. The molecule has 0 aliphatic heterocycles. The van der Waals surface area contributed by atoms with Crippen LogP contribution < -0.4 is 0 Å². The number of benzene rings is 9. The number of hydrogen-bond donors (Lipinski definition) is 0. The molecule has 0 fully saturated rings. The number of hydrogen-bond acceptors (Lipinski definition) is 1. The summed E-state index contributed by atoms with van der Waals surface area (Å²) in [6, 6.07) is -29.4. The number of fused-ring (bicyclic) bond motifs is 6. The standard InChI is InChI=1S/C48H30O/c1-3-14-31(15-4-1)33-26-27-43-45(30-33)49-44-25-13-24-37(48(43)44)36-28-29-42(35-19-8-7-18-34(35)36)47-40-22-11-9-20-38(40)46(32-16-5-2-6-17-32)39-21-10-12-23-41(39)47/h1-30H/i1D,2D,3D,4D,5D,6D,7D,8D,9D,10D,11D,12D,13D,14D,15D,16D,17D,18D,19D,20D,21D,22D,23D,24D,25D,26D,27D,28D,29D,30D. The Kier molecular flexibility index (Phi) is 2.50. The lowest BCUT2D eigenvalue weighted by Crippen LogP contribution is -1.92. The van der Waals surface area contributed by atoms with Crippen molar-refractivity contribution in [3.8, 4) is 44.5 Å². The number of furan rings is 1. The van der Waals surface area contributed by atoms with Gasteiger partial charge in [-0.1, -0.05) is 163 Å². The van der Waals surface area contributed by atoms with Crippen molar-refractivity contribution in [1.82, 2.24) is 0 Å². The third kappa shape index (κ3) is 4.33. The molecule has 1 aromatic heterocycles. The molecule has 0 saturated heterocycles. The predicted octanol–water partition coefficient (Wildman–Crippen LogP) is 13.7. The second-order valence-electron chi connectivity index (χ2n) is 10.5. The summed E-state index contributed by atoms with van der Waals surface area (Å²) in [5, 5.41) is -5.90. The molecular weight excluding hydrogens is 593 g/mol. The van der Waals surface area contributed by atoms with Gasteiger partial charge in [0.2, 0.25) is 0 Å². The van der Waals surface area contributed by atoms with Gasteiger partial charge in [-0.2, -0.15) is 0 Å². The molecule has 49 heavy (non-hydrogen) atoms. The smallest absolute Gasteiger partial charge is 0.136 e. The van der Waals surface area contributed by atoms with E-state index in [1.807, 2.05) is 0 Å². The molecule has 0 spiro atoms. The van der Waals surface area contributed by atoms with E-state index < -0.39 is 280 Å². The highest BCUT2D eigenvalue weighted by Gasteiger charge is 2.20. The molecule has 228 valence electrons. The zero-order valence-electron chi connectivity index (χ0n) is 54.4. The Bertz CT molecular complexity index is 4460. The van der Waals surface area contributed by atoms with E-state index in [1.54, 1.807) is 0 Å². The van der Waals surface area contributed by atoms with Gasteiger partial charge in [-0.15, -0.1) is 0 Å². The van der Waals surface area contributed by atoms with Gasteiger partial charge in [0.1, 0.15) is 11.2 Å². The molecule has 0 saturated carbocycles. The summed E-state index contributed by atoms with van der Waals surface area (Å²) in [7, 11) is 0. The van der Waals surface area contributed by atoms with Crippen molar-refractivity contribution in [3.63, 3.8) is 0 Å². The first kappa shape index (κ1) is 11.1. The fourth-order valence-corrected chi connectivity index (χ4v) is 5.95.